The molecule has 3 atom stereocenters. The number of rotatable bonds is 16. The minimum atomic E-state index is -3.19. The van der Waals surface area contributed by atoms with E-state index in [1.807, 2.05) is 0 Å². The number of aliphatic hydroxyl groups is 1. The van der Waals surface area contributed by atoms with Gasteiger partial charge in [-0.1, -0.05) is 20.8 Å². The van der Waals surface area contributed by atoms with Crippen molar-refractivity contribution in [1.29, 1.82) is 0 Å². The molecule has 0 spiro atoms. The highest BCUT2D eigenvalue weighted by molar-refractivity contribution is 5.94. The summed E-state index contributed by atoms with van der Waals surface area (Å²) in [5, 5.41) is 29.9. The Kier molecular flexibility index (Phi) is 12.5. The number of carboxylic acids is 2. The Morgan fingerprint density at radius 3 is 1.74 bits per heavy atom. The van der Waals surface area contributed by atoms with Crippen LogP contribution in [0.1, 0.15) is 60.3 Å². The van der Waals surface area contributed by atoms with Gasteiger partial charge in [0.05, 0.1) is 6.42 Å². The first-order valence-corrected chi connectivity index (χ1v) is 10.2. The molecule has 0 aromatic rings. The second-order valence-electron chi connectivity index (χ2n) is 7.25. The Morgan fingerprint density at radius 1 is 0.903 bits per heavy atom. The zero-order valence-corrected chi connectivity index (χ0v) is 18.7. The zero-order valence-electron chi connectivity index (χ0n) is 18.7. The van der Waals surface area contributed by atoms with Gasteiger partial charge in [-0.05, 0) is 26.2 Å². The lowest BCUT2D eigenvalue weighted by atomic mass is 9.73. The van der Waals surface area contributed by atoms with Gasteiger partial charge >= 0.3 is 23.9 Å². The van der Waals surface area contributed by atoms with Gasteiger partial charge in [-0.2, -0.15) is 0 Å². The van der Waals surface area contributed by atoms with Crippen LogP contribution in [0.25, 0.3) is 0 Å². The molecule has 31 heavy (non-hydrogen) atoms. The molecule has 3 N–H and O–H groups in total. The van der Waals surface area contributed by atoms with Crippen LogP contribution in [0.15, 0.2) is 0 Å². The first-order valence-electron chi connectivity index (χ1n) is 10.2. The zero-order chi connectivity index (χ0) is 24.2. The van der Waals surface area contributed by atoms with Crippen molar-refractivity contribution in [1.82, 2.24) is 0 Å². The number of ether oxygens (including phenoxy) is 4. The van der Waals surface area contributed by atoms with Crippen LogP contribution >= 0.6 is 0 Å². The Hall–Kier alpha value is -2.08. The molecule has 3 unspecified atom stereocenters. The van der Waals surface area contributed by atoms with Gasteiger partial charge in [0.1, 0.15) is 11.5 Å². The van der Waals surface area contributed by atoms with Gasteiger partial charge in [0.25, 0.3) is 0 Å². The van der Waals surface area contributed by atoms with E-state index >= 15 is 0 Å². The maximum atomic E-state index is 12.9. The summed E-state index contributed by atoms with van der Waals surface area (Å²) in [4.78, 5) is 47.7. The SMILES string of the molecule is CCCOC(OCCC)C(C)(OCCC)C(C(=O)OC(C)=O)C(O)(CC(=O)O)C(=O)O. The molecule has 180 valence electrons. The lowest BCUT2D eigenvalue weighted by molar-refractivity contribution is -0.283. The van der Waals surface area contributed by atoms with Crippen LogP contribution < -0.4 is 0 Å². The normalized spacial score (nSPS) is 16.2. The number of aliphatic carboxylic acids is 2. The molecule has 0 rings (SSSR count). The molecule has 0 saturated carbocycles. The number of hydrogen-bond acceptors (Lipinski definition) is 9. The molecular weight excluding hydrogens is 416 g/mol. The predicted molar refractivity (Wildman–Crippen MR) is 106 cm³/mol. The minimum absolute atomic E-state index is 0.00933. The average molecular weight is 450 g/mol. The molecule has 11 nitrogen and oxygen atoms in total. The Bertz CT molecular complexity index is 612. The van der Waals surface area contributed by atoms with Gasteiger partial charge < -0.3 is 34.3 Å². The second kappa shape index (κ2) is 13.4. The second-order valence-corrected chi connectivity index (χ2v) is 7.25. The van der Waals surface area contributed by atoms with Gasteiger partial charge in [-0.15, -0.1) is 0 Å². The molecule has 0 saturated heterocycles. The molecule has 0 radical (unpaired) electrons. The van der Waals surface area contributed by atoms with E-state index in [9.17, 15) is 34.5 Å². The molecule has 0 heterocycles. The summed E-state index contributed by atoms with van der Waals surface area (Å²) < 4.78 is 21.8. The van der Waals surface area contributed by atoms with Crippen LogP contribution in [0, 0.1) is 5.92 Å². The lowest BCUT2D eigenvalue weighted by Gasteiger charge is -2.45. The first kappa shape index (κ1) is 28.9. The van der Waals surface area contributed by atoms with Crippen molar-refractivity contribution in [3.05, 3.63) is 0 Å². The quantitative estimate of drug-likeness (QED) is 0.176. The summed E-state index contributed by atoms with van der Waals surface area (Å²) in [6.07, 6.45) is -1.22. The van der Waals surface area contributed by atoms with Crippen LogP contribution in [0.2, 0.25) is 0 Å². The molecule has 0 aliphatic rings. The largest absolute Gasteiger partial charge is 0.481 e. The first-order chi connectivity index (χ1) is 14.4. The van der Waals surface area contributed by atoms with E-state index in [0.717, 1.165) is 6.92 Å². The molecule has 0 aromatic carbocycles. The highest BCUT2D eigenvalue weighted by atomic mass is 16.7. The van der Waals surface area contributed by atoms with Crippen LogP contribution in [0.5, 0.6) is 0 Å². The van der Waals surface area contributed by atoms with Crippen LogP contribution in [-0.2, 0) is 38.1 Å². The molecule has 0 fully saturated rings. The number of carboxylic acid groups (broad SMARTS) is 2. The summed E-state index contributed by atoms with van der Waals surface area (Å²) in [5.74, 6) is -8.41. The summed E-state index contributed by atoms with van der Waals surface area (Å²) in [6, 6.07) is 0. The van der Waals surface area contributed by atoms with Crippen molar-refractivity contribution in [2.75, 3.05) is 19.8 Å². The van der Waals surface area contributed by atoms with Gasteiger partial charge in [-0.3, -0.25) is 14.4 Å². The van der Waals surface area contributed by atoms with Gasteiger partial charge in [0.2, 0.25) is 0 Å². The summed E-state index contributed by atoms with van der Waals surface area (Å²) in [7, 11) is 0. The van der Waals surface area contributed by atoms with Gasteiger partial charge in [-0.25, -0.2) is 4.79 Å². The Labute approximate surface area is 181 Å². The molecule has 0 aromatic heterocycles. The third-order valence-electron chi connectivity index (χ3n) is 4.35. The highest BCUT2D eigenvalue weighted by Crippen LogP contribution is 2.40. The molecule has 11 heteroatoms. The van der Waals surface area contributed by atoms with E-state index in [-0.39, 0.29) is 19.8 Å². The van der Waals surface area contributed by atoms with Crippen LogP contribution in [0.3, 0.4) is 0 Å². The maximum absolute atomic E-state index is 12.9. The lowest BCUT2D eigenvalue weighted by Crippen LogP contribution is -2.65. The predicted octanol–water partition coefficient (Wildman–Crippen LogP) is 1.35. The fourth-order valence-electron chi connectivity index (χ4n) is 3.07. The Balaban J connectivity index is 6.78. The van der Waals surface area contributed by atoms with Crippen molar-refractivity contribution in [3.8, 4) is 0 Å². The fraction of sp³-hybridized carbons (Fsp3) is 0.800. The number of hydrogen-bond donors (Lipinski definition) is 3. The Morgan fingerprint density at radius 2 is 1.39 bits per heavy atom. The minimum Gasteiger partial charge on any atom is -0.481 e. The third kappa shape index (κ3) is 8.17. The smallest absolute Gasteiger partial charge is 0.337 e. The molecule has 0 aliphatic heterocycles. The standard InChI is InChI=1S/C20H34O11/c1-6-9-28-18(29-10-7-2)19(5,30-11-8-3)15(16(24)31-13(4)21)20(27,17(25)26)12-14(22)23/h15,18,27H,6-12H2,1-5H3,(H,22,23)(H,25,26). The highest BCUT2D eigenvalue weighted by Gasteiger charge is 2.63. The van der Waals surface area contributed by atoms with Crippen LogP contribution in [0.4, 0.5) is 0 Å². The van der Waals surface area contributed by atoms with E-state index in [2.05, 4.69) is 4.74 Å². The van der Waals surface area contributed by atoms with Crippen molar-refractivity contribution < 1.29 is 53.4 Å². The number of carbonyl (C=O) groups excluding carboxylic acids is 2. The van der Waals surface area contributed by atoms with E-state index < -0.39 is 53.7 Å². The van der Waals surface area contributed by atoms with E-state index in [0.29, 0.717) is 19.3 Å². The third-order valence-corrected chi connectivity index (χ3v) is 4.35. The van der Waals surface area contributed by atoms with Crippen molar-refractivity contribution in [2.24, 2.45) is 5.92 Å². The fourth-order valence-corrected chi connectivity index (χ4v) is 3.07. The monoisotopic (exact) mass is 450 g/mol. The molecule has 0 bridgehead atoms. The summed E-state index contributed by atoms with van der Waals surface area (Å²) in [5.41, 5.74) is -5.21. The van der Waals surface area contributed by atoms with Gasteiger partial charge in [0.15, 0.2) is 11.9 Å². The molecule has 0 amide bonds. The van der Waals surface area contributed by atoms with E-state index in [1.165, 1.54) is 6.92 Å². The van der Waals surface area contributed by atoms with E-state index in [4.69, 9.17) is 14.2 Å². The molecular formula is C20H34O11. The van der Waals surface area contributed by atoms with Crippen molar-refractivity contribution in [2.45, 2.75) is 77.8 Å². The molecule has 0 aliphatic carbocycles. The number of esters is 2. The van der Waals surface area contributed by atoms with Crippen molar-refractivity contribution >= 4 is 23.9 Å². The topological polar surface area (TPSA) is 166 Å². The maximum Gasteiger partial charge on any atom is 0.337 e. The van der Waals surface area contributed by atoms with Crippen LogP contribution in [-0.4, -0.2) is 76.5 Å². The summed E-state index contributed by atoms with van der Waals surface area (Å²) in [6.45, 7) is 7.80. The van der Waals surface area contributed by atoms with E-state index in [1.54, 1.807) is 20.8 Å². The van der Waals surface area contributed by atoms with Crippen molar-refractivity contribution in [3.63, 3.8) is 0 Å². The number of carbonyl (C=O) groups is 4. The van der Waals surface area contributed by atoms with Gasteiger partial charge in [0, 0.05) is 26.7 Å². The summed E-state index contributed by atoms with van der Waals surface area (Å²) >= 11 is 0. The average Bonchev–Trinajstić information content (AvgIpc) is 2.65.